The van der Waals surface area contributed by atoms with Crippen molar-refractivity contribution in [1.29, 1.82) is 0 Å². The Hall–Kier alpha value is -1.63. The number of carboxylic acids is 1. The summed E-state index contributed by atoms with van der Waals surface area (Å²) in [6.07, 6.45) is 2.98. The maximum absolute atomic E-state index is 11.7. The lowest BCUT2D eigenvalue weighted by atomic mass is 9.80. The Kier molecular flexibility index (Phi) is 4.27. The Labute approximate surface area is 117 Å². The number of imide groups is 1. The van der Waals surface area contributed by atoms with E-state index in [2.05, 4.69) is 10.6 Å². The molecule has 2 rings (SSSR count). The fourth-order valence-electron chi connectivity index (χ4n) is 2.24. The van der Waals surface area contributed by atoms with Gasteiger partial charge in [0.05, 0.1) is 12.0 Å². The number of hydrogen-bond acceptors (Lipinski definition) is 4. The molecule has 0 atom stereocenters. The van der Waals surface area contributed by atoms with Crippen LogP contribution in [-0.2, 0) is 9.59 Å². The number of nitrogens with one attached hydrogen (secondary N) is 2. The van der Waals surface area contributed by atoms with E-state index >= 15 is 0 Å². The molecule has 112 valence electrons. The minimum atomic E-state index is -0.787. The SMILES string of the molecule is CC1(C(=O)O)CCN(CC(=O)NC(=O)NC2CC2)CC1. The van der Waals surface area contributed by atoms with Gasteiger partial charge in [0.1, 0.15) is 0 Å². The highest BCUT2D eigenvalue weighted by molar-refractivity contribution is 5.95. The second-order valence-electron chi connectivity index (χ2n) is 5.94. The van der Waals surface area contributed by atoms with Crippen molar-refractivity contribution in [2.75, 3.05) is 19.6 Å². The molecule has 1 aliphatic carbocycles. The summed E-state index contributed by atoms with van der Waals surface area (Å²) in [7, 11) is 0. The Morgan fingerprint density at radius 2 is 1.85 bits per heavy atom. The molecule has 1 saturated carbocycles. The molecule has 0 unspecified atom stereocenters. The van der Waals surface area contributed by atoms with Crippen molar-refractivity contribution < 1.29 is 19.5 Å². The van der Waals surface area contributed by atoms with Crippen LogP contribution >= 0.6 is 0 Å². The lowest BCUT2D eigenvalue weighted by Crippen LogP contribution is -2.48. The van der Waals surface area contributed by atoms with Crippen LogP contribution in [-0.4, -0.2) is 53.6 Å². The van der Waals surface area contributed by atoms with E-state index in [1.54, 1.807) is 6.92 Å². The average molecular weight is 283 g/mol. The molecule has 0 aromatic heterocycles. The predicted molar refractivity (Wildman–Crippen MR) is 71.1 cm³/mol. The molecule has 0 radical (unpaired) electrons. The molecule has 7 nitrogen and oxygen atoms in total. The number of likely N-dealkylation sites (tertiary alicyclic amines) is 1. The van der Waals surface area contributed by atoms with Crippen LogP contribution in [0.25, 0.3) is 0 Å². The predicted octanol–water partition coefficient (Wildman–Crippen LogP) is 0.161. The van der Waals surface area contributed by atoms with Gasteiger partial charge in [0, 0.05) is 6.04 Å². The van der Waals surface area contributed by atoms with Crippen molar-refractivity contribution in [2.45, 2.75) is 38.6 Å². The van der Waals surface area contributed by atoms with Crippen LogP contribution in [0.1, 0.15) is 32.6 Å². The van der Waals surface area contributed by atoms with E-state index in [1.165, 1.54) is 0 Å². The van der Waals surface area contributed by atoms with Crippen LogP contribution in [0.5, 0.6) is 0 Å². The maximum atomic E-state index is 11.7. The fraction of sp³-hybridized carbons (Fsp3) is 0.769. The van der Waals surface area contributed by atoms with Crippen molar-refractivity contribution in [3.8, 4) is 0 Å². The van der Waals surface area contributed by atoms with Gasteiger partial charge in [-0.15, -0.1) is 0 Å². The second-order valence-corrected chi connectivity index (χ2v) is 5.94. The molecule has 1 heterocycles. The van der Waals surface area contributed by atoms with Gasteiger partial charge in [0.2, 0.25) is 5.91 Å². The monoisotopic (exact) mass is 283 g/mol. The summed E-state index contributed by atoms with van der Waals surface area (Å²) >= 11 is 0. The van der Waals surface area contributed by atoms with Crippen LogP contribution < -0.4 is 10.6 Å². The van der Waals surface area contributed by atoms with Gasteiger partial charge in [0.25, 0.3) is 0 Å². The molecule has 7 heteroatoms. The Morgan fingerprint density at radius 1 is 1.25 bits per heavy atom. The highest BCUT2D eigenvalue weighted by atomic mass is 16.4. The number of aliphatic carboxylic acids is 1. The van der Waals surface area contributed by atoms with E-state index in [9.17, 15) is 14.4 Å². The summed E-state index contributed by atoms with van der Waals surface area (Å²) in [5.74, 6) is -1.13. The van der Waals surface area contributed by atoms with Crippen molar-refractivity contribution >= 4 is 17.9 Å². The molecule has 2 aliphatic rings. The highest BCUT2D eigenvalue weighted by Gasteiger charge is 2.37. The number of urea groups is 1. The molecule has 2 fully saturated rings. The molecular formula is C13H21N3O4. The minimum absolute atomic E-state index is 0.133. The zero-order valence-electron chi connectivity index (χ0n) is 11.6. The molecule has 0 spiro atoms. The molecule has 3 amide bonds. The van der Waals surface area contributed by atoms with Crippen LogP contribution in [0.2, 0.25) is 0 Å². The quantitative estimate of drug-likeness (QED) is 0.682. The summed E-state index contributed by atoms with van der Waals surface area (Å²) in [4.78, 5) is 36.1. The van der Waals surface area contributed by atoms with E-state index < -0.39 is 17.4 Å². The lowest BCUT2D eigenvalue weighted by Gasteiger charge is -2.35. The zero-order valence-corrected chi connectivity index (χ0v) is 11.6. The molecule has 20 heavy (non-hydrogen) atoms. The lowest BCUT2D eigenvalue weighted by molar-refractivity contribution is -0.150. The first kappa shape index (κ1) is 14.8. The topological polar surface area (TPSA) is 98.7 Å². The molecule has 1 saturated heterocycles. The van der Waals surface area contributed by atoms with Gasteiger partial charge in [-0.1, -0.05) is 0 Å². The number of nitrogens with zero attached hydrogens (tertiary/aromatic N) is 1. The first-order valence-corrected chi connectivity index (χ1v) is 6.95. The summed E-state index contributed by atoms with van der Waals surface area (Å²) in [6, 6.07) is -0.223. The smallest absolute Gasteiger partial charge is 0.321 e. The first-order valence-electron chi connectivity index (χ1n) is 6.95. The molecule has 0 aromatic carbocycles. The first-order chi connectivity index (χ1) is 9.39. The van der Waals surface area contributed by atoms with Gasteiger partial charge in [-0.25, -0.2) is 4.79 Å². The van der Waals surface area contributed by atoms with E-state index in [0.29, 0.717) is 25.9 Å². The largest absolute Gasteiger partial charge is 0.481 e. The van der Waals surface area contributed by atoms with Crippen molar-refractivity contribution in [1.82, 2.24) is 15.5 Å². The summed E-state index contributed by atoms with van der Waals surface area (Å²) in [5.41, 5.74) is -0.698. The van der Waals surface area contributed by atoms with Gasteiger partial charge in [0.15, 0.2) is 0 Å². The average Bonchev–Trinajstić information content (AvgIpc) is 3.15. The van der Waals surface area contributed by atoms with Gasteiger partial charge in [-0.05, 0) is 45.7 Å². The van der Waals surface area contributed by atoms with Crippen molar-refractivity contribution in [3.63, 3.8) is 0 Å². The van der Waals surface area contributed by atoms with Crippen LogP contribution in [0.15, 0.2) is 0 Å². The number of amides is 3. The Balaban J connectivity index is 1.70. The number of carbonyl (C=O) groups is 3. The van der Waals surface area contributed by atoms with E-state index in [1.807, 2.05) is 4.90 Å². The number of carboxylic acid groups (broad SMARTS) is 1. The summed E-state index contributed by atoms with van der Waals surface area (Å²) in [5, 5.41) is 14.1. The normalized spacial score (nSPS) is 22.1. The van der Waals surface area contributed by atoms with Crippen molar-refractivity contribution in [3.05, 3.63) is 0 Å². The van der Waals surface area contributed by atoms with Gasteiger partial charge < -0.3 is 10.4 Å². The van der Waals surface area contributed by atoms with Gasteiger partial charge >= 0.3 is 12.0 Å². The number of piperidine rings is 1. The third-order valence-corrected chi connectivity index (χ3v) is 4.01. The van der Waals surface area contributed by atoms with E-state index in [-0.39, 0.29) is 18.5 Å². The Morgan fingerprint density at radius 3 is 2.35 bits per heavy atom. The highest BCUT2D eigenvalue weighted by Crippen LogP contribution is 2.30. The van der Waals surface area contributed by atoms with Crippen LogP contribution in [0.4, 0.5) is 4.79 Å². The minimum Gasteiger partial charge on any atom is -0.481 e. The van der Waals surface area contributed by atoms with Gasteiger partial charge in [-0.2, -0.15) is 0 Å². The fourth-order valence-corrected chi connectivity index (χ4v) is 2.24. The summed E-state index contributed by atoms with van der Waals surface area (Å²) in [6.45, 7) is 2.98. The van der Waals surface area contributed by atoms with Crippen LogP contribution in [0.3, 0.4) is 0 Å². The number of rotatable bonds is 4. The number of carbonyl (C=O) groups excluding carboxylic acids is 2. The molecule has 0 aromatic rings. The van der Waals surface area contributed by atoms with Crippen LogP contribution in [0, 0.1) is 5.41 Å². The molecule has 1 aliphatic heterocycles. The third-order valence-electron chi connectivity index (χ3n) is 4.01. The van der Waals surface area contributed by atoms with E-state index in [4.69, 9.17) is 5.11 Å². The maximum Gasteiger partial charge on any atom is 0.321 e. The zero-order chi connectivity index (χ0) is 14.8. The van der Waals surface area contributed by atoms with E-state index in [0.717, 1.165) is 12.8 Å². The molecule has 0 bridgehead atoms. The molecular weight excluding hydrogens is 262 g/mol. The molecule has 3 N–H and O–H groups in total. The third kappa shape index (κ3) is 3.93. The standard InChI is InChI=1S/C13H21N3O4/c1-13(11(18)19)4-6-16(7-5-13)8-10(17)15-12(20)14-9-2-3-9/h9H,2-8H2,1H3,(H,18,19)(H2,14,15,17,20). The summed E-state index contributed by atoms with van der Waals surface area (Å²) < 4.78 is 0. The number of hydrogen-bond donors (Lipinski definition) is 3. The Bertz CT molecular complexity index is 412. The van der Waals surface area contributed by atoms with Crippen molar-refractivity contribution in [2.24, 2.45) is 5.41 Å². The second kappa shape index (κ2) is 5.78. The van der Waals surface area contributed by atoms with Gasteiger partial charge in [-0.3, -0.25) is 19.8 Å².